The minimum Gasteiger partial charge on any atom is -0.358 e. The van der Waals surface area contributed by atoms with Crippen LogP contribution in [0.25, 0.3) is 10.9 Å². The molecule has 2 heterocycles. The molecule has 0 saturated carbocycles. The number of hydrogen-bond acceptors (Lipinski definition) is 1. The van der Waals surface area contributed by atoms with Crippen LogP contribution in [0, 0.1) is 0 Å². The van der Waals surface area contributed by atoms with Crippen LogP contribution < -0.4 is 0 Å². The van der Waals surface area contributed by atoms with E-state index in [9.17, 15) is 0 Å². The largest absolute Gasteiger partial charge is 0.358 e. The lowest BCUT2D eigenvalue weighted by atomic mass is 9.99. The lowest BCUT2D eigenvalue weighted by Gasteiger charge is -2.30. The predicted molar refractivity (Wildman–Crippen MR) is 127 cm³/mol. The molecule has 0 fully saturated rings. The van der Waals surface area contributed by atoms with Gasteiger partial charge in [0.15, 0.2) is 0 Å². The first kappa shape index (κ1) is 18.6. The van der Waals surface area contributed by atoms with Crippen molar-refractivity contribution in [2.24, 2.45) is 0 Å². The van der Waals surface area contributed by atoms with Crippen LogP contribution in [0.3, 0.4) is 0 Å². The van der Waals surface area contributed by atoms with Crippen molar-refractivity contribution < 1.29 is 0 Å². The van der Waals surface area contributed by atoms with Crippen LogP contribution in [0.5, 0.6) is 0 Å². The van der Waals surface area contributed by atoms with Gasteiger partial charge in [-0.15, -0.1) is 0 Å². The average Bonchev–Trinajstić information content (AvgIpc) is 3.11. The maximum Gasteiger partial charge on any atom is 0.111 e. The van der Waals surface area contributed by atoms with Crippen LogP contribution in [-0.4, -0.2) is 21.0 Å². The van der Waals surface area contributed by atoms with E-state index in [4.69, 9.17) is 12.2 Å². The average molecular weight is 461 g/mol. The van der Waals surface area contributed by atoms with Crippen molar-refractivity contribution in [2.75, 3.05) is 6.54 Å². The molecule has 3 aromatic carbocycles. The maximum absolute atomic E-state index is 6.02. The van der Waals surface area contributed by atoms with E-state index in [0.717, 1.165) is 41.1 Å². The number of halogens is 1. The summed E-state index contributed by atoms with van der Waals surface area (Å²) < 4.78 is 3.40. The molecule has 1 aliphatic rings. The maximum atomic E-state index is 6.02. The third-order valence-electron chi connectivity index (χ3n) is 5.69. The first-order chi connectivity index (χ1) is 14.2. The Kier molecular flexibility index (Phi) is 4.98. The van der Waals surface area contributed by atoms with Crippen molar-refractivity contribution in [1.29, 1.82) is 0 Å². The molecule has 2 nitrogen and oxygen atoms in total. The highest BCUT2D eigenvalue weighted by molar-refractivity contribution is 9.10. The number of nitrogens with zero attached hydrogens (tertiary/aromatic N) is 2. The van der Waals surface area contributed by atoms with Crippen LogP contribution in [0.4, 0.5) is 0 Å². The van der Waals surface area contributed by atoms with Gasteiger partial charge in [0, 0.05) is 46.8 Å². The summed E-state index contributed by atoms with van der Waals surface area (Å²) in [5.74, 6) is 0. The number of benzene rings is 3. The minimum atomic E-state index is 0.838. The second-order valence-corrected chi connectivity index (χ2v) is 8.87. The van der Waals surface area contributed by atoms with Crippen LogP contribution in [-0.2, 0) is 19.5 Å². The minimum absolute atomic E-state index is 0.838. The third-order valence-corrected chi connectivity index (χ3v) is 6.66. The lowest BCUT2D eigenvalue weighted by molar-refractivity contribution is 0.401. The molecule has 4 heteroatoms. The van der Waals surface area contributed by atoms with Gasteiger partial charge in [0.2, 0.25) is 0 Å². The molecule has 0 bridgehead atoms. The molecule has 0 saturated heterocycles. The van der Waals surface area contributed by atoms with Gasteiger partial charge in [-0.2, -0.15) is 0 Å². The molecule has 4 aromatic rings. The normalized spacial score (nSPS) is 13.5. The van der Waals surface area contributed by atoms with Crippen molar-refractivity contribution in [3.05, 3.63) is 106 Å². The lowest BCUT2D eigenvalue weighted by Crippen LogP contribution is -2.35. The van der Waals surface area contributed by atoms with Crippen LogP contribution in [0.15, 0.2) is 83.5 Å². The van der Waals surface area contributed by atoms with Crippen molar-refractivity contribution in [1.82, 2.24) is 9.47 Å². The fraction of sp³-hybridized carbons (Fsp3) is 0.160. The smallest absolute Gasteiger partial charge is 0.111 e. The molecule has 0 radical (unpaired) electrons. The molecule has 0 spiro atoms. The van der Waals surface area contributed by atoms with E-state index in [1.165, 1.54) is 27.6 Å². The van der Waals surface area contributed by atoms with Gasteiger partial charge in [-0.1, -0.05) is 82.7 Å². The van der Waals surface area contributed by atoms with Crippen molar-refractivity contribution in [3.63, 3.8) is 0 Å². The van der Waals surface area contributed by atoms with Gasteiger partial charge in [0.1, 0.15) is 4.99 Å². The zero-order valence-corrected chi connectivity index (χ0v) is 18.4. The SMILES string of the molecule is S=C(c1cn(Cc2ccccc2)c2ccc(Br)cc12)N1CCc2ccccc2C1. The standard InChI is InChI=1S/C25H21BrN2S/c26-21-10-11-24-22(14-21)23(17-28(24)15-18-6-2-1-3-7-18)25(29)27-13-12-19-8-4-5-9-20(19)16-27/h1-11,14,17H,12-13,15-16H2. The molecule has 0 amide bonds. The summed E-state index contributed by atoms with van der Waals surface area (Å²) in [6.45, 7) is 2.69. The Morgan fingerprint density at radius 3 is 2.52 bits per heavy atom. The quantitative estimate of drug-likeness (QED) is 0.337. The summed E-state index contributed by atoms with van der Waals surface area (Å²) >= 11 is 9.66. The van der Waals surface area contributed by atoms with E-state index < -0.39 is 0 Å². The Balaban J connectivity index is 1.53. The fourth-order valence-electron chi connectivity index (χ4n) is 4.19. The van der Waals surface area contributed by atoms with Gasteiger partial charge in [0.05, 0.1) is 0 Å². The molecule has 1 aliphatic heterocycles. The zero-order valence-electron chi connectivity index (χ0n) is 16.0. The first-order valence-electron chi connectivity index (χ1n) is 9.87. The molecule has 144 valence electrons. The Morgan fingerprint density at radius 1 is 0.931 bits per heavy atom. The third kappa shape index (κ3) is 3.63. The Bertz CT molecular complexity index is 1200. The van der Waals surface area contributed by atoms with Gasteiger partial charge in [-0.05, 0) is 41.3 Å². The topological polar surface area (TPSA) is 8.17 Å². The Hall–Kier alpha value is -2.43. The highest BCUT2D eigenvalue weighted by Gasteiger charge is 2.22. The molecule has 1 aromatic heterocycles. The highest BCUT2D eigenvalue weighted by Crippen LogP contribution is 2.29. The molecule has 0 aliphatic carbocycles. The number of hydrogen-bond donors (Lipinski definition) is 0. The second kappa shape index (κ2) is 7.77. The summed E-state index contributed by atoms with van der Waals surface area (Å²) in [5, 5.41) is 1.21. The summed E-state index contributed by atoms with van der Waals surface area (Å²) in [4.78, 5) is 3.29. The molecule has 0 N–H and O–H groups in total. The highest BCUT2D eigenvalue weighted by atomic mass is 79.9. The van der Waals surface area contributed by atoms with Gasteiger partial charge in [-0.3, -0.25) is 0 Å². The van der Waals surface area contributed by atoms with E-state index in [1.54, 1.807) is 0 Å². The van der Waals surface area contributed by atoms with E-state index in [2.05, 4.69) is 104 Å². The fourth-order valence-corrected chi connectivity index (χ4v) is 4.87. The van der Waals surface area contributed by atoms with Crippen LogP contribution in [0.2, 0.25) is 0 Å². The van der Waals surface area contributed by atoms with Gasteiger partial charge >= 0.3 is 0 Å². The molecule has 0 atom stereocenters. The van der Waals surface area contributed by atoms with E-state index >= 15 is 0 Å². The van der Waals surface area contributed by atoms with Crippen molar-refractivity contribution in [3.8, 4) is 0 Å². The van der Waals surface area contributed by atoms with Crippen LogP contribution in [0.1, 0.15) is 22.3 Å². The van der Waals surface area contributed by atoms with Crippen molar-refractivity contribution in [2.45, 2.75) is 19.5 Å². The summed E-state index contributed by atoms with van der Waals surface area (Å²) in [6.07, 6.45) is 3.27. The Labute approximate surface area is 184 Å². The van der Waals surface area contributed by atoms with E-state index in [-0.39, 0.29) is 0 Å². The number of thiocarbonyl (C=S) groups is 1. The van der Waals surface area contributed by atoms with Gasteiger partial charge in [-0.25, -0.2) is 0 Å². The number of rotatable bonds is 3. The molecule has 29 heavy (non-hydrogen) atoms. The zero-order chi connectivity index (χ0) is 19.8. The molecule has 5 rings (SSSR count). The monoisotopic (exact) mass is 460 g/mol. The van der Waals surface area contributed by atoms with Gasteiger partial charge < -0.3 is 9.47 Å². The van der Waals surface area contributed by atoms with Crippen LogP contribution >= 0.6 is 28.1 Å². The predicted octanol–water partition coefficient (Wildman–Crippen LogP) is 6.19. The number of aromatic nitrogens is 1. The summed E-state index contributed by atoms with van der Waals surface area (Å²) in [6, 6.07) is 25.8. The van der Waals surface area contributed by atoms with E-state index in [0.29, 0.717) is 0 Å². The first-order valence-corrected chi connectivity index (χ1v) is 11.1. The molecular formula is C25H21BrN2S. The summed E-state index contributed by atoms with van der Waals surface area (Å²) in [5.41, 5.74) is 6.48. The van der Waals surface area contributed by atoms with E-state index in [1.807, 2.05) is 0 Å². The van der Waals surface area contributed by atoms with Gasteiger partial charge in [0.25, 0.3) is 0 Å². The second-order valence-electron chi connectivity index (χ2n) is 7.56. The van der Waals surface area contributed by atoms with Crippen molar-refractivity contribution >= 4 is 44.0 Å². The number of fused-ring (bicyclic) bond motifs is 2. The summed E-state index contributed by atoms with van der Waals surface area (Å²) in [7, 11) is 0. The molecular weight excluding hydrogens is 440 g/mol. The molecule has 0 unspecified atom stereocenters. The Morgan fingerprint density at radius 2 is 1.69 bits per heavy atom.